The SMILES string of the molecule is O=C(CCCOc1ccc(-c2csc(N3CCNCC3)n2)cc1)NC1CCN(Cc2ccc(Cl)c(Cl)c2)CC1. The number of ether oxygens (including phenoxy) is 1. The van der Waals surface area contributed by atoms with Crippen molar-refractivity contribution in [2.45, 2.75) is 38.3 Å². The fourth-order valence-corrected chi connectivity index (χ4v) is 6.18. The Balaban J connectivity index is 0.975. The van der Waals surface area contributed by atoms with Gasteiger partial charge in [-0.25, -0.2) is 4.98 Å². The number of thiazole rings is 1. The first-order valence-electron chi connectivity index (χ1n) is 13.6. The molecule has 3 aromatic rings. The molecule has 2 aromatic carbocycles. The minimum Gasteiger partial charge on any atom is -0.494 e. The smallest absolute Gasteiger partial charge is 0.220 e. The monoisotopic (exact) mass is 587 g/mol. The molecule has 0 radical (unpaired) electrons. The van der Waals surface area contributed by atoms with Gasteiger partial charge >= 0.3 is 0 Å². The van der Waals surface area contributed by atoms with E-state index in [-0.39, 0.29) is 11.9 Å². The van der Waals surface area contributed by atoms with E-state index in [4.69, 9.17) is 32.9 Å². The Kier molecular flexibility index (Phi) is 9.98. The molecule has 2 saturated heterocycles. The quantitative estimate of drug-likeness (QED) is 0.307. The van der Waals surface area contributed by atoms with Gasteiger partial charge < -0.3 is 20.3 Å². The number of hydrogen-bond acceptors (Lipinski definition) is 7. The van der Waals surface area contributed by atoms with Crippen molar-refractivity contribution in [2.24, 2.45) is 0 Å². The fraction of sp³-hybridized carbons (Fsp3) is 0.448. The highest BCUT2D eigenvalue weighted by molar-refractivity contribution is 7.14. The summed E-state index contributed by atoms with van der Waals surface area (Å²) in [5, 5.41) is 10.9. The Labute approximate surface area is 244 Å². The van der Waals surface area contributed by atoms with Gasteiger partial charge in [0.1, 0.15) is 5.75 Å². The van der Waals surface area contributed by atoms with Crippen LogP contribution < -0.4 is 20.3 Å². The van der Waals surface area contributed by atoms with Crippen LogP contribution in [0.3, 0.4) is 0 Å². The second-order valence-corrected chi connectivity index (χ2v) is 11.7. The Hall–Kier alpha value is -2.36. The molecular weight excluding hydrogens is 553 g/mol. The van der Waals surface area contributed by atoms with Crippen LogP contribution in [0.4, 0.5) is 5.13 Å². The molecule has 1 amide bonds. The van der Waals surface area contributed by atoms with E-state index >= 15 is 0 Å². The van der Waals surface area contributed by atoms with Crippen molar-refractivity contribution in [2.75, 3.05) is 50.8 Å². The van der Waals surface area contributed by atoms with Gasteiger partial charge in [0.05, 0.1) is 22.3 Å². The van der Waals surface area contributed by atoms with Gasteiger partial charge in [-0.1, -0.05) is 29.3 Å². The molecule has 2 aliphatic heterocycles. The van der Waals surface area contributed by atoms with Crippen LogP contribution in [-0.4, -0.2) is 67.7 Å². The lowest BCUT2D eigenvalue weighted by atomic mass is 10.0. The molecule has 0 aliphatic carbocycles. The maximum Gasteiger partial charge on any atom is 0.220 e. The van der Waals surface area contributed by atoms with Crippen LogP contribution in [0, 0.1) is 0 Å². The molecule has 0 atom stereocenters. The largest absolute Gasteiger partial charge is 0.494 e. The zero-order chi connectivity index (χ0) is 27.0. The van der Waals surface area contributed by atoms with Crippen LogP contribution in [0.2, 0.25) is 10.0 Å². The lowest BCUT2D eigenvalue weighted by Crippen LogP contribution is -2.44. The van der Waals surface area contributed by atoms with Crippen molar-refractivity contribution in [3.8, 4) is 17.0 Å². The summed E-state index contributed by atoms with van der Waals surface area (Å²) in [6.45, 7) is 7.26. The van der Waals surface area contributed by atoms with Crippen LogP contribution in [0.1, 0.15) is 31.2 Å². The van der Waals surface area contributed by atoms with Gasteiger partial charge in [0.25, 0.3) is 0 Å². The molecule has 0 saturated carbocycles. The van der Waals surface area contributed by atoms with Crippen LogP contribution in [0.25, 0.3) is 11.3 Å². The second kappa shape index (κ2) is 13.8. The Bertz CT molecular complexity index is 1220. The molecule has 5 rings (SSSR count). The third-order valence-corrected chi connectivity index (χ3v) is 8.83. The van der Waals surface area contributed by atoms with Crippen molar-refractivity contribution in [3.63, 3.8) is 0 Å². The van der Waals surface area contributed by atoms with Crippen molar-refractivity contribution >= 4 is 45.6 Å². The van der Waals surface area contributed by atoms with Crippen molar-refractivity contribution in [3.05, 3.63) is 63.5 Å². The number of amides is 1. The van der Waals surface area contributed by atoms with Crippen LogP contribution in [0.5, 0.6) is 5.75 Å². The van der Waals surface area contributed by atoms with Crippen molar-refractivity contribution < 1.29 is 9.53 Å². The lowest BCUT2D eigenvalue weighted by molar-refractivity contribution is -0.122. The molecule has 2 N–H and O–H groups in total. The number of hydrogen-bond donors (Lipinski definition) is 2. The summed E-state index contributed by atoms with van der Waals surface area (Å²) in [7, 11) is 0. The summed E-state index contributed by atoms with van der Waals surface area (Å²) in [5.74, 6) is 0.909. The Morgan fingerprint density at radius 3 is 2.56 bits per heavy atom. The molecule has 10 heteroatoms. The molecule has 3 heterocycles. The van der Waals surface area contributed by atoms with Crippen molar-refractivity contribution in [1.82, 2.24) is 20.5 Å². The molecule has 7 nitrogen and oxygen atoms in total. The lowest BCUT2D eigenvalue weighted by Gasteiger charge is -2.32. The average Bonchev–Trinajstić information content (AvgIpc) is 3.46. The highest BCUT2D eigenvalue weighted by atomic mass is 35.5. The summed E-state index contributed by atoms with van der Waals surface area (Å²) in [6, 6.07) is 14.1. The van der Waals surface area contributed by atoms with E-state index < -0.39 is 0 Å². The van der Waals surface area contributed by atoms with E-state index in [1.54, 1.807) is 11.3 Å². The number of nitrogens with zero attached hydrogens (tertiary/aromatic N) is 3. The summed E-state index contributed by atoms with van der Waals surface area (Å²) >= 11 is 13.9. The van der Waals surface area contributed by atoms with Gasteiger partial charge in [0.2, 0.25) is 5.91 Å². The molecule has 0 spiro atoms. The number of piperidine rings is 1. The Morgan fingerprint density at radius 1 is 1.05 bits per heavy atom. The van der Waals surface area contributed by atoms with E-state index in [9.17, 15) is 4.79 Å². The molecule has 2 fully saturated rings. The van der Waals surface area contributed by atoms with Gasteiger partial charge in [0, 0.05) is 69.2 Å². The minimum atomic E-state index is 0.0979. The number of rotatable bonds is 10. The predicted molar refractivity (Wildman–Crippen MR) is 160 cm³/mol. The number of anilines is 1. The number of halogens is 2. The van der Waals surface area contributed by atoms with E-state index in [1.807, 2.05) is 42.5 Å². The van der Waals surface area contributed by atoms with Gasteiger partial charge in [-0.05, 0) is 61.2 Å². The van der Waals surface area contributed by atoms with Crippen LogP contribution in [-0.2, 0) is 11.3 Å². The molecule has 208 valence electrons. The number of benzene rings is 2. The molecule has 0 bridgehead atoms. The number of nitrogens with one attached hydrogen (secondary N) is 2. The number of piperazine rings is 1. The first kappa shape index (κ1) is 28.2. The van der Waals surface area contributed by atoms with E-state index in [2.05, 4.69) is 25.8 Å². The first-order valence-corrected chi connectivity index (χ1v) is 15.3. The maximum absolute atomic E-state index is 12.5. The Morgan fingerprint density at radius 2 is 1.82 bits per heavy atom. The van der Waals surface area contributed by atoms with Crippen molar-refractivity contribution in [1.29, 1.82) is 0 Å². The van der Waals surface area contributed by atoms with Gasteiger partial charge in [-0.2, -0.15) is 0 Å². The zero-order valence-corrected chi connectivity index (χ0v) is 24.3. The van der Waals surface area contributed by atoms with Crippen LogP contribution >= 0.6 is 34.5 Å². The summed E-state index contributed by atoms with van der Waals surface area (Å²) in [6.07, 6.45) is 3.05. The average molecular weight is 589 g/mol. The molecule has 39 heavy (non-hydrogen) atoms. The number of likely N-dealkylation sites (tertiary alicyclic amines) is 1. The first-order chi connectivity index (χ1) is 19.0. The summed E-state index contributed by atoms with van der Waals surface area (Å²) in [5.41, 5.74) is 3.24. The number of aromatic nitrogens is 1. The summed E-state index contributed by atoms with van der Waals surface area (Å²) in [4.78, 5) is 22.0. The van der Waals surface area contributed by atoms with Gasteiger partial charge in [-0.3, -0.25) is 9.69 Å². The zero-order valence-electron chi connectivity index (χ0n) is 22.0. The van der Waals surface area contributed by atoms with Gasteiger partial charge in [0.15, 0.2) is 5.13 Å². The van der Waals surface area contributed by atoms with Gasteiger partial charge in [-0.15, -0.1) is 11.3 Å². The van der Waals surface area contributed by atoms with Crippen LogP contribution in [0.15, 0.2) is 47.8 Å². The van der Waals surface area contributed by atoms with E-state index in [1.165, 1.54) is 0 Å². The topological polar surface area (TPSA) is 69.7 Å². The molecular formula is C29H35Cl2N5O2S. The summed E-state index contributed by atoms with van der Waals surface area (Å²) < 4.78 is 5.89. The van der Waals surface area contributed by atoms with E-state index in [0.717, 1.165) is 86.4 Å². The second-order valence-electron chi connectivity index (χ2n) is 10.1. The molecule has 2 aliphatic rings. The number of carbonyl (C=O) groups excluding carboxylic acids is 1. The molecule has 0 unspecified atom stereocenters. The molecule has 1 aromatic heterocycles. The number of carbonyl (C=O) groups is 1. The minimum absolute atomic E-state index is 0.0979. The highest BCUT2D eigenvalue weighted by Crippen LogP contribution is 2.29. The third kappa shape index (κ3) is 8.08. The third-order valence-electron chi connectivity index (χ3n) is 7.19. The fourth-order valence-electron chi connectivity index (χ4n) is 4.97. The predicted octanol–water partition coefficient (Wildman–Crippen LogP) is 5.47. The normalized spacial score (nSPS) is 16.8. The maximum atomic E-state index is 12.5. The standard InChI is InChI=1S/C29H35Cl2N5O2S/c30-25-8-3-21(18-26(25)31)19-35-13-9-23(10-14-35)33-28(37)2-1-17-38-24-6-4-22(5-7-24)27-20-39-29(34-27)36-15-11-32-12-16-36/h3-8,18,20,23,32H,1-2,9-17,19H2,(H,33,37). The van der Waals surface area contributed by atoms with E-state index in [0.29, 0.717) is 29.5 Å². The highest BCUT2D eigenvalue weighted by Gasteiger charge is 2.21.